The molecule has 0 aromatic carbocycles. The number of nitrogens with two attached hydrogens (primary N) is 1. The fourth-order valence-electron chi connectivity index (χ4n) is 1.07. The molecule has 0 aromatic rings. The first-order chi connectivity index (χ1) is 3.77. The maximum atomic E-state index is 12.8. The summed E-state index contributed by atoms with van der Waals surface area (Å²) in [5.41, 5.74) is 4.33. The van der Waals surface area contributed by atoms with E-state index in [4.69, 9.17) is 5.73 Å². The Morgan fingerprint density at radius 2 is 2.12 bits per heavy atom. The average molecular weight is 117 g/mol. The highest BCUT2D eigenvalue weighted by Crippen LogP contribution is 2.37. The second-order valence-corrected chi connectivity index (χ2v) is 2.54. The molecule has 0 spiro atoms. The van der Waals surface area contributed by atoms with E-state index in [1.54, 1.807) is 0 Å². The van der Waals surface area contributed by atoms with Gasteiger partial charge in [0.25, 0.3) is 0 Å². The minimum Gasteiger partial charge on any atom is -0.330 e. The van der Waals surface area contributed by atoms with Gasteiger partial charge in [-0.2, -0.15) is 0 Å². The van der Waals surface area contributed by atoms with E-state index in [0.717, 1.165) is 19.3 Å². The summed E-state index contributed by atoms with van der Waals surface area (Å²) in [7, 11) is 0. The highest BCUT2D eigenvalue weighted by molar-refractivity contribution is 4.87. The van der Waals surface area contributed by atoms with Crippen LogP contribution in [0.25, 0.3) is 0 Å². The van der Waals surface area contributed by atoms with Crippen molar-refractivity contribution in [3.8, 4) is 0 Å². The molecule has 0 atom stereocenters. The van der Waals surface area contributed by atoms with Crippen LogP contribution in [-0.2, 0) is 0 Å². The summed E-state index contributed by atoms with van der Waals surface area (Å²) < 4.78 is 12.8. The predicted molar refractivity (Wildman–Crippen MR) is 31.4 cm³/mol. The molecule has 48 valence electrons. The highest BCUT2D eigenvalue weighted by atomic mass is 19.1. The first-order valence-electron chi connectivity index (χ1n) is 3.16. The van der Waals surface area contributed by atoms with E-state index in [9.17, 15) is 4.39 Å². The first kappa shape index (κ1) is 6.02. The van der Waals surface area contributed by atoms with Crippen molar-refractivity contribution in [1.82, 2.24) is 0 Å². The van der Waals surface area contributed by atoms with E-state index in [1.807, 2.05) is 0 Å². The summed E-state index contributed by atoms with van der Waals surface area (Å²) in [6, 6.07) is 0. The summed E-state index contributed by atoms with van der Waals surface area (Å²) in [5.74, 6) is 0. The Balaban J connectivity index is 2.20. The number of hydrogen-bond donors (Lipinski definition) is 1. The SMILES string of the molecule is NCCC1(F)CCC1. The van der Waals surface area contributed by atoms with Gasteiger partial charge < -0.3 is 5.73 Å². The third-order valence-electron chi connectivity index (χ3n) is 1.84. The number of alkyl halides is 1. The van der Waals surface area contributed by atoms with Crippen molar-refractivity contribution in [1.29, 1.82) is 0 Å². The Hall–Kier alpha value is -0.110. The van der Waals surface area contributed by atoms with E-state index in [0.29, 0.717) is 13.0 Å². The quantitative estimate of drug-likeness (QED) is 0.578. The molecule has 0 saturated heterocycles. The molecule has 2 heteroatoms. The van der Waals surface area contributed by atoms with E-state index < -0.39 is 5.67 Å². The maximum absolute atomic E-state index is 12.8. The van der Waals surface area contributed by atoms with Crippen molar-refractivity contribution in [2.45, 2.75) is 31.4 Å². The van der Waals surface area contributed by atoms with E-state index in [2.05, 4.69) is 0 Å². The lowest BCUT2D eigenvalue weighted by Crippen LogP contribution is -2.33. The third kappa shape index (κ3) is 0.996. The van der Waals surface area contributed by atoms with Crippen LogP contribution in [0, 0.1) is 0 Å². The van der Waals surface area contributed by atoms with Gasteiger partial charge in [0.1, 0.15) is 5.67 Å². The minimum absolute atomic E-state index is 0.497. The topological polar surface area (TPSA) is 26.0 Å². The molecular weight excluding hydrogens is 105 g/mol. The van der Waals surface area contributed by atoms with Crippen LogP contribution in [0.4, 0.5) is 4.39 Å². The number of hydrogen-bond acceptors (Lipinski definition) is 1. The molecule has 1 aliphatic rings. The Kier molecular flexibility index (Phi) is 1.52. The Bertz CT molecular complexity index is 78.6. The van der Waals surface area contributed by atoms with Gasteiger partial charge in [-0.3, -0.25) is 0 Å². The van der Waals surface area contributed by atoms with Gasteiger partial charge in [-0.05, 0) is 32.2 Å². The van der Waals surface area contributed by atoms with Crippen LogP contribution < -0.4 is 5.73 Å². The van der Waals surface area contributed by atoms with Crippen LogP contribution >= 0.6 is 0 Å². The molecule has 0 bridgehead atoms. The van der Waals surface area contributed by atoms with Crippen LogP contribution in [0.2, 0.25) is 0 Å². The largest absolute Gasteiger partial charge is 0.330 e. The van der Waals surface area contributed by atoms with Gasteiger partial charge in [-0.25, -0.2) is 4.39 Å². The molecule has 2 N–H and O–H groups in total. The maximum Gasteiger partial charge on any atom is 0.112 e. The van der Waals surface area contributed by atoms with Crippen LogP contribution in [0.1, 0.15) is 25.7 Å². The van der Waals surface area contributed by atoms with Gasteiger partial charge in [0.15, 0.2) is 0 Å². The van der Waals surface area contributed by atoms with Crippen LogP contribution in [0.3, 0.4) is 0 Å². The normalized spacial score (nSPS) is 24.8. The zero-order valence-electron chi connectivity index (χ0n) is 4.99. The second kappa shape index (κ2) is 2.02. The summed E-state index contributed by atoms with van der Waals surface area (Å²) in [4.78, 5) is 0. The lowest BCUT2D eigenvalue weighted by molar-refractivity contribution is 0.0567. The zero-order valence-corrected chi connectivity index (χ0v) is 4.99. The molecule has 0 unspecified atom stereocenters. The molecule has 0 amide bonds. The van der Waals surface area contributed by atoms with Crippen LogP contribution in [0.15, 0.2) is 0 Å². The van der Waals surface area contributed by atoms with Crippen LogP contribution in [0.5, 0.6) is 0 Å². The molecule has 1 aliphatic carbocycles. The van der Waals surface area contributed by atoms with Gasteiger partial charge in [-0.1, -0.05) is 0 Å². The highest BCUT2D eigenvalue weighted by Gasteiger charge is 2.35. The fraction of sp³-hybridized carbons (Fsp3) is 1.00. The standard InChI is InChI=1S/C6H12FN/c7-6(4-5-8)2-1-3-6/h1-5,8H2. The van der Waals surface area contributed by atoms with E-state index in [1.165, 1.54) is 0 Å². The number of halogens is 1. The number of rotatable bonds is 2. The van der Waals surface area contributed by atoms with Gasteiger partial charge in [-0.15, -0.1) is 0 Å². The van der Waals surface area contributed by atoms with E-state index >= 15 is 0 Å². The smallest absolute Gasteiger partial charge is 0.112 e. The van der Waals surface area contributed by atoms with Gasteiger partial charge >= 0.3 is 0 Å². The molecule has 8 heavy (non-hydrogen) atoms. The van der Waals surface area contributed by atoms with Gasteiger partial charge in [0.2, 0.25) is 0 Å². The molecule has 0 aliphatic heterocycles. The van der Waals surface area contributed by atoms with E-state index in [-0.39, 0.29) is 0 Å². The first-order valence-corrected chi connectivity index (χ1v) is 3.16. The van der Waals surface area contributed by atoms with Crippen LogP contribution in [-0.4, -0.2) is 12.2 Å². The van der Waals surface area contributed by atoms with Crippen molar-refractivity contribution >= 4 is 0 Å². The Morgan fingerprint density at radius 1 is 1.50 bits per heavy atom. The molecule has 1 nitrogen and oxygen atoms in total. The lowest BCUT2D eigenvalue weighted by atomic mass is 9.80. The van der Waals surface area contributed by atoms with Crippen molar-refractivity contribution in [2.75, 3.05) is 6.54 Å². The summed E-state index contributed by atoms with van der Waals surface area (Å²) >= 11 is 0. The summed E-state index contributed by atoms with van der Waals surface area (Å²) in [6.07, 6.45) is 3.10. The third-order valence-corrected chi connectivity index (χ3v) is 1.84. The Labute approximate surface area is 49.1 Å². The molecule has 1 rings (SSSR count). The fourth-order valence-corrected chi connectivity index (χ4v) is 1.07. The summed E-state index contributed by atoms with van der Waals surface area (Å²) in [6.45, 7) is 0.497. The average Bonchev–Trinajstić information content (AvgIpc) is 1.64. The molecular formula is C6H12FN. The molecule has 1 fully saturated rings. The lowest BCUT2D eigenvalue weighted by Gasteiger charge is -2.33. The predicted octanol–water partition coefficient (Wildman–Crippen LogP) is 1.23. The molecule has 0 heterocycles. The molecule has 0 aromatic heterocycles. The van der Waals surface area contributed by atoms with Gasteiger partial charge in [0, 0.05) is 0 Å². The van der Waals surface area contributed by atoms with Crippen molar-refractivity contribution in [2.24, 2.45) is 5.73 Å². The Morgan fingerprint density at radius 3 is 2.25 bits per heavy atom. The monoisotopic (exact) mass is 117 g/mol. The molecule has 0 radical (unpaired) electrons. The minimum atomic E-state index is -0.852. The second-order valence-electron chi connectivity index (χ2n) is 2.54. The zero-order chi connectivity index (χ0) is 6.04. The summed E-state index contributed by atoms with van der Waals surface area (Å²) in [5, 5.41) is 0. The van der Waals surface area contributed by atoms with Gasteiger partial charge in [0.05, 0.1) is 0 Å². The van der Waals surface area contributed by atoms with Crippen molar-refractivity contribution < 1.29 is 4.39 Å². The van der Waals surface area contributed by atoms with Crippen molar-refractivity contribution in [3.63, 3.8) is 0 Å². The van der Waals surface area contributed by atoms with Crippen molar-refractivity contribution in [3.05, 3.63) is 0 Å². The molecule has 1 saturated carbocycles.